The highest BCUT2D eigenvalue weighted by Crippen LogP contribution is 2.33. The van der Waals surface area contributed by atoms with Gasteiger partial charge in [-0.25, -0.2) is 13.1 Å². The summed E-state index contributed by atoms with van der Waals surface area (Å²) in [6.07, 6.45) is 1.96. The molecular weight excluding hydrogens is 330 g/mol. The van der Waals surface area contributed by atoms with Crippen LogP contribution in [-0.4, -0.2) is 60.1 Å². The molecule has 1 aromatic carbocycles. The number of hydrogen-bond acceptors (Lipinski definition) is 5. The van der Waals surface area contributed by atoms with Gasteiger partial charge in [0.25, 0.3) is 0 Å². The Labute approximate surface area is 143 Å². The van der Waals surface area contributed by atoms with Crippen LogP contribution in [0.25, 0.3) is 0 Å². The van der Waals surface area contributed by atoms with E-state index in [9.17, 15) is 13.2 Å². The van der Waals surface area contributed by atoms with Crippen molar-refractivity contribution in [1.29, 1.82) is 0 Å². The van der Waals surface area contributed by atoms with E-state index in [0.717, 1.165) is 19.4 Å². The fourth-order valence-electron chi connectivity index (χ4n) is 2.64. The van der Waals surface area contributed by atoms with Crippen molar-refractivity contribution in [2.24, 2.45) is 0 Å². The molecule has 1 aromatic rings. The van der Waals surface area contributed by atoms with E-state index in [1.807, 2.05) is 19.0 Å². The highest BCUT2D eigenvalue weighted by molar-refractivity contribution is 7.89. The number of nitrogens with one attached hydrogen (secondary N) is 1. The summed E-state index contributed by atoms with van der Waals surface area (Å²) in [6.45, 7) is 1.75. The predicted molar refractivity (Wildman–Crippen MR) is 92.9 cm³/mol. The largest absolute Gasteiger partial charge is 0.495 e. The Bertz CT molecular complexity index is 689. The van der Waals surface area contributed by atoms with Gasteiger partial charge in [-0.3, -0.25) is 4.79 Å². The van der Waals surface area contributed by atoms with Crippen molar-refractivity contribution in [2.75, 3.05) is 45.7 Å². The zero-order chi connectivity index (χ0) is 17.7. The minimum Gasteiger partial charge on any atom is -0.495 e. The Kier molecular flexibility index (Phi) is 6.20. The fourth-order valence-corrected chi connectivity index (χ4v) is 3.73. The Morgan fingerprint density at radius 2 is 2.08 bits per heavy atom. The number of ether oxygens (including phenoxy) is 1. The summed E-state index contributed by atoms with van der Waals surface area (Å²) < 4.78 is 32.8. The van der Waals surface area contributed by atoms with E-state index in [1.54, 1.807) is 11.0 Å². The maximum absolute atomic E-state index is 12.5. The topological polar surface area (TPSA) is 79.0 Å². The summed E-state index contributed by atoms with van der Waals surface area (Å²) >= 11 is 0. The first-order chi connectivity index (χ1) is 11.3. The number of carbonyl (C=O) groups excluding carboxylic acids is 1. The van der Waals surface area contributed by atoms with Crippen molar-refractivity contribution >= 4 is 21.6 Å². The average Bonchev–Trinajstić information content (AvgIpc) is 2.96. The minimum atomic E-state index is -3.61. The number of carbonyl (C=O) groups is 1. The number of rotatable bonds is 8. The second-order valence-corrected chi connectivity index (χ2v) is 7.80. The van der Waals surface area contributed by atoms with Gasteiger partial charge in [-0.2, -0.15) is 0 Å². The third-order valence-corrected chi connectivity index (χ3v) is 5.36. The summed E-state index contributed by atoms with van der Waals surface area (Å²) in [7, 11) is 1.78. The van der Waals surface area contributed by atoms with Crippen LogP contribution in [0.3, 0.4) is 0 Å². The Balaban J connectivity index is 2.19. The van der Waals surface area contributed by atoms with Crippen LogP contribution in [0.4, 0.5) is 5.69 Å². The van der Waals surface area contributed by atoms with Crippen molar-refractivity contribution < 1.29 is 17.9 Å². The smallest absolute Gasteiger partial charge is 0.240 e. The third kappa shape index (κ3) is 4.46. The molecule has 1 amide bonds. The quantitative estimate of drug-likeness (QED) is 0.705. The molecule has 0 bridgehead atoms. The second-order valence-electron chi connectivity index (χ2n) is 6.04. The van der Waals surface area contributed by atoms with Gasteiger partial charge in [0, 0.05) is 19.5 Å². The van der Waals surface area contributed by atoms with Crippen LogP contribution in [0, 0.1) is 0 Å². The molecule has 1 saturated heterocycles. The molecule has 1 aliphatic heterocycles. The lowest BCUT2D eigenvalue weighted by molar-refractivity contribution is -0.117. The van der Waals surface area contributed by atoms with Crippen LogP contribution in [0.2, 0.25) is 0 Å². The second kappa shape index (κ2) is 7.96. The molecule has 0 radical (unpaired) electrons. The molecule has 0 aromatic heterocycles. The van der Waals surface area contributed by atoms with Crippen molar-refractivity contribution in [3.05, 3.63) is 18.2 Å². The van der Waals surface area contributed by atoms with Crippen molar-refractivity contribution in [2.45, 2.75) is 24.2 Å². The molecule has 1 heterocycles. The number of methoxy groups -OCH3 is 1. The minimum absolute atomic E-state index is 0.0122. The van der Waals surface area contributed by atoms with Gasteiger partial charge in [0.1, 0.15) is 5.75 Å². The van der Waals surface area contributed by atoms with E-state index in [4.69, 9.17) is 4.74 Å². The van der Waals surface area contributed by atoms with Crippen LogP contribution < -0.4 is 14.4 Å². The molecule has 0 saturated carbocycles. The normalized spacial score (nSPS) is 15.3. The van der Waals surface area contributed by atoms with Gasteiger partial charge in [-0.1, -0.05) is 0 Å². The molecule has 0 atom stereocenters. The summed E-state index contributed by atoms with van der Waals surface area (Å²) in [4.78, 5) is 15.7. The highest BCUT2D eigenvalue weighted by Gasteiger charge is 2.26. The Morgan fingerprint density at radius 3 is 2.67 bits per heavy atom. The highest BCUT2D eigenvalue weighted by atomic mass is 32.2. The molecule has 0 aliphatic carbocycles. The molecule has 2 rings (SSSR count). The Morgan fingerprint density at radius 1 is 1.33 bits per heavy atom. The zero-order valence-electron chi connectivity index (χ0n) is 14.4. The summed E-state index contributed by atoms with van der Waals surface area (Å²) in [5.74, 6) is 0.485. The van der Waals surface area contributed by atoms with Gasteiger partial charge in [0.05, 0.1) is 17.7 Å². The van der Waals surface area contributed by atoms with Gasteiger partial charge >= 0.3 is 0 Å². The Hall–Kier alpha value is -1.64. The first-order valence-corrected chi connectivity index (χ1v) is 9.46. The predicted octanol–water partition coefficient (Wildman–Crippen LogP) is 1.05. The third-order valence-electron chi connectivity index (χ3n) is 3.90. The molecular formula is C16H25N3O4S. The SMILES string of the molecule is COc1ccc(S(=O)(=O)NCCCN(C)C)cc1N1CCCC1=O. The molecule has 8 heteroatoms. The van der Waals surface area contributed by atoms with Crippen LogP contribution in [0.5, 0.6) is 5.75 Å². The number of anilines is 1. The van der Waals surface area contributed by atoms with Gasteiger partial charge in [0.2, 0.25) is 15.9 Å². The maximum Gasteiger partial charge on any atom is 0.240 e. The number of nitrogens with zero attached hydrogens (tertiary/aromatic N) is 2. The van der Waals surface area contributed by atoms with E-state index < -0.39 is 10.0 Å². The van der Waals surface area contributed by atoms with Crippen LogP contribution in [0.1, 0.15) is 19.3 Å². The summed E-state index contributed by atoms with van der Waals surface area (Å²) in [5.41, 5.74) is 0.510. The first kappa shape index (κ1) is 18.7. The van der Waals surface area contributed by atoms with Crippen LogP contribution in [0.15, 0.2) is 23.1 Å². The molecule has 0 spiro atoms. The van der Waals surface area contributed by atoms with Crippen LogP contribution in [-0.2, 0) is 14.8 Å². The molecule has 134 valence electrons. The van der Waals surface area contributed by atoms with Gasteiger partial charge < -0.3 is 14.5 Å². The van der Waals surface area contributed by atoms with Crippen molar-refractivity contribution in [3.63, 3.8) is 0 Å². The van der Waals surface area contributed by atoms with E-state index in [1.165, 1.54) is 19.2 Å². The number of hydrogen-bond donors (Lipinski definition) is 1. The monoisotopic (exact) mass is 355 g/mol. The molecule has 0 unspecified atom stereocenters. The van der Waals surface area contributed by atoms with E-state index >= 15 is 0 Å². The molecule has 1 fully saturated rings. The average molecular weight is 355 g/mol. The lowest BCUT2D eigenvalue weighted by Crippen LogP contribution is -2.28. The lowest BCUT2D eigenvalue weighted by atomic mass is 10.2. The van der Waals surface area contributed by atoms with Gasteiger partial charge in [0.15, 0.2) is 0 Å². The van der Waals surface area contributed by atoms with E-state index in [2.05, 4.69) is 4.72 Å². The lowest BCUT2D eigenvalue weighted by Gasteiger charge is -2.20. The maximum atomic E-state index is 12.5. The van der Waals surface area contributed by atoms with Crippen LogP contribution >= 0.6 is 0 Å². The van der Waals surface area contributed by atoms with E-state index in [0.29, 0.717) is 30.9 Å². The first-order valence-electron chi connectivity index (χ1n) is 7.98. The summed E-state index contributed by atoms with van der Waals surface area (Å²) in [6, 6.07) is 4.60. The molecule has 7 nitrogen and oxygen atoms in total. The molecule has 24 heavy (non-hydrogen) atoms. The summed E-state index contributed by atoms with van der Waals surface area (Å²) in [5, 5.41) is 0. The number of benzene rings is 1. The van der Waals surface area contributed by atoms with Gasteiger partial charge in [-0.15, -0.1) is 0 Å². The standard InChI is InChI=1S/C16H25N3O4S/c1-18(2)10-5-9-17-24(21,22)13-7-8-15(23-3)14(12-13)19-11-4-6-16(19)20/h7-8,12,17H,4-6,9-11H2,1-3H3. The van der Waals surface area contributed by atoms with E-state index in [-0.39, 0.29) is 10.8 Å². The molecule has 1 aliphatic rings. The van der Waals surface area contributed by atoms with Gasteiger partial charge in [-0.05, 0) is 51.7 Å². The zero-order valence-corrected chi connectivity index (χ0v) is 15.2. The van der Waals surface area contributed by atoms with Crippen molar-refractivity contribution in [3.8, 4) is 5.75 Å². The fraction of sp³-hybridized carbons (Fsp3) is 0.562. The number of amides is 1. The number of sulfonamides is 1. The molecule has 1 N–H and O–H groups in total. The van der Waals surface area contributed by atoms with Crippen molar-refractivity contribution in [1.82, 2.24) is 9.62 Å².